The average Bonchev–Trinajstić information content (AvgIpc) is 2.84. The van der Waals surface area contributed by atoms with E-state index in [-0.39, 0.29) is 18.2 Å². The SMILES string of the molecule is CC(=O)c1cccc(COCCOCCO)c1.CCCOCCOCc1cccc(C(C)=O)c1. The molecule has 7 nitrogen and oxygen atoms in total. The van der Waals surface area contributed by atoms with Crippen LogP contribution in [0.2, 0.25) is 0 Å². The number of benzene rings is 2. The normalized spacial score (nSPS) is 10.5. The molecule has 0 spiro atoms. The van der Waals surface area contributed by atoms with Crippen molar-refractivity contribution in [3.05, 3.63) is 70.8 Å². The first-order chi connectivity index (χ1) is 16.5. The van der Waals surface area contributed by atoms with Crippen molar-refractivity contribution < 1.29 is 33.6 Å². The lowest BCUT2D eigenvalue weighted by molar-refractivity contribution is 0.0274. The fourth-order valence-corrected chi connectivity index (χ4v) is 2.79. The number of carbonyl (C=O) groups excluding carboxylic acids is 2. The predicted octanol–water partition coefficient (Wildman–Crippen LogP) is 4.25. The van der Waals surface area contributed by atoms with Gasteiger partial charge in [0.05, 0.1) is 52.9 Å². The summed E-state index contributed by atoms with van der Waals surface area (Å²) >= 11 is 0. The molecule has 0 aliphatic carbocycles. The number of ether oxygens (including phenoxy) is 4. The Morgan fingerprint density at radius 3 is 1.53 bits per heavy atom. The van der Waals surface area contributed by atoms with Crippen molar-refractivity contribution in [1.82, 2.24) is 0 Å². The maximum atomic E-state index is 11.2. The van der Waals surface area contributed by atoms with Gasteiger partial charge in [0.25, 0.3) is 0 Å². The van der Waals surface area contributed by atoms with Crippen LogP contribution in [-0.2, 0) is 32.2 Å². The molecule has 0 atom stereocenters. The van der Waals surface area contributed by atoms with Gasteiger partial charge >= 0.3 is 0 Å². The van der Waals surface area contributed by atoms with E-state index in [2.05, 4.69) is 6.92 Å². The van der Waals surface area contributed by atoms with Crippen LogP contribution in [0.1, 0.15) is 59.0 Å². The molecule has 7 heteroatoms. The summed E-state index contributed by atoms with van der Waals surface area (Å²) in [6.45, 7) is 9.48. The second-order valence-electron chi connectivity index (χ2n) is 7.57. The van der Waals surface area contributed by atoms with Gasteiger partial charge < -0.3 is 24.1 Å². The van der Waals surface area contributed by atoms with Crippen LogP contribution in [0.5, 0.6) is 0 Å². The first-order valence-corrected chi connectivity index (χ1v) is 11.6. The van der Waals surface area contributed by atoms with Gasteiger partial charge in [-0.1, -0.05) is 43.3 Å². The summed E-state index contributed by atoms with van der Waals surface area (Å²) in [6, 6.07) is 14.9. The number of carbonyl (C=O) groups is 2. The van der Waals surface area contributed by atoms with E-state index < -0.39 is 0 Å². The van der Waals surface area contributed by atoms with Crippen molar-refractivity contribution in [2.24, 2.45) is 0 Å². The highest BCUT2D eigenvalue weighted by atomic mass is 16.5. The van der Waals surface area contributed by atoms with Crippen LogP contribution < -0.4 is 0 Å². The van der Waals surface area contributed by atoms with Crippen molar-refractivity contribution in [3.8, 4) is 0 Å². The summed E-state index contributed by atoms with van der Waals surface area (Å²) in [5, 5.41) is 8.49. The Morgan fingerprint density at radius 1 is 0.676 bits per heavy atom. The highest BCUT2D eigenvalue weighted by molar-refractivity contribution is 5.94. The van der Waals surface area contributed by atoms with Gasteiger partial charge in [-0.2, -0.15) is 0 Å². The van der Waals surface area contributed by atoms with Crippen LogP contribution in [0.15, 0.2) is 48.5 Å². The number of aliphatic hydroxyl groups excluding tert-OH is 1. The molecule has 2 aromatic rings. The van der Waals surface area contributed by atoms with E-state index in [0.29, 0.717) is 51.8 Å². The minimum atomic E-state index is 0.0284. The van der Waals surface area contributed by atoms with E-state index in [1.165, 1.54) is 0 Å². The molecule has 34 heavy (non-hydrogen) atoms. The fraction of sp³-hybridized carbons (Fsp3) is 0.481. The Kier molecular flexibility index (Phi) is 16.5. The number of ketones is 2. The van der Waals surface area contributed by atoms with Gasteiger partial charge in [0.2, 0.25) is 0 Å². The predicted molar refractivity (Wildman–Crippen MR) is 131 cm³/mol. The third-order valence-electron chi connectivity index (χ3n) is 4.53. The zero-order valence-electron chi connectivity index (χ0n) is 20.6. The summed E-state index contributed by atoms with van der Waals surface area (Å²) in [7, 11) is 0. The molecule has 0 aromatic heterocycles. The van der Waals surface area contributed by atoms with Gasteiger partial charge in [0, 0.05) is 17.7 Å². The molecule has 0 aliphatic heterocycles. The first kappa shape index (κ1) is 29.6. The van der Waals surface area contributed by atoms with Crippen LogP contribution in [-0.4, -0.2) is 62.9 Å². The van der Waals surface area contributed by atoms with Crippen molar-refractivity contribution in [2.45, 2.75) is 40.4 Å². The lowest BCUT2D eigenvalue weighted by Crippen LogP contribution is -2.07. The van der Waals surface area contributed by atoms with E-state index in [1.807, 2.05) is 42.5 Å². The van der Waals surface area contributed by atoms with Crippen LogP contribution >= 0.6 is 0 Å². The van der Waals surface area contributed by atoms with Gasteiger partial charge in [-0.15, -0.1) is 0 Å². The second-order valence-corrected chi connectivity index (χ2v) is 7.57. The molecule has 0 saturated heterocycles. The molecule has 0 fully saturated rings. The van der Waals surface area contributed by atoms with Gasteiger partial charge in [0.1, 0.15) is 0 Å². The van der Waals surface area contributed by atoms with Crippen LogP contribution in [0.25, 0.3) is 0 Å². The van der Waals surface area contributed by atoms with E-state index in [1.54, 1.807) is 19.9 Å². The Hall–Kier alpha value is -2.42. The summed E-state index contributed by atoms with van der Waals surface area (Å²) in [4.78, 5) is 22.3. The van der Waals surface area contributed by atoms with Crippen molar-refractivity contribution >= 4 is 11.6 Å². The van der Waals surface area contributed by atoms with E-state index in [4.69, 9.17) is 24.1 Å². The minimum Gasteiger partial charge on any atom is -0.394 e. The third-order valence-corrected chi connectivity index (χ3v) is 4.53. The lowest BCUT2D eigenvalue weighted by atomic mass is 10.1. The molecule has 2 aromatic carbocycles. The Bertz CT molecular complexity index is 766. The Labute approximate surface area is 203 Å². The highest BCUT2D eigenvalue weighted by Gasteiger charge is 2.01. The van der Waals surface area contributed by atoms with Gasteiger partial charge in [-0.3, -0.25) is 9.59 Å². The first-order valence-electron chi connectivity index (χ1n) is 11.6. The topological polar surface area (TPSA) is 91.3 Å². The monoisotopic (exact) mass is 474 g/mol. The summed E-state index contributed by atoms with van der Waals surface area (Å²) in [6.07, 6.45) is 1.03. The van der Waals surface area contributed by atoms with E-state index in [9.17, 15) is 9.59 Å². The molecule has 0 bridgehead atoms. The standard InChI is InChI=1S/C14H20O3.C13H18O4/c1-3-7-16-8-9-17-11-13-5-4-6-14(10-13)12(2)15;1-11(15)13-4-2-3-12(9-13)10-17-8-7-16-6-5-14/h4-6,10H,3,7-9,11H2,1-2H3;2-4,9,14H,5-8,10H2,1H3. The zero-order valence-corrected chi connectivity index (χ0v) is 20.6. The summed E-state index contributed by atoms with van der Waals surface area (Å²) in [5.74, 6) is 0.135. The fourth-order valence-electron chi connectivity index (χ4n) is 2.79. The van der Waals surface area contributed by atoms with Crippen molar-refractivity contribution in [3.63, 3.8) is 0 Å². The summed E-state index contributed by atoms with van der Waals surface area (Å²) < 4.78 is 21.2. The maximum absolute atomic E-state index is 11.2. The third kappa shape index (κ3) is 14.0. The molecule has 0 saturated carbocycles. The Morgan fingerprint density at radius 2 is 1.12 bits per heavy atom. The highest BCUT2D eigenvalue weighted by Crippen LogP contribution is 2.08. The zero-order chi connectivity index (χ0) is 25.0. The summed E-state index contributed by atoms with van der Waals surface area (Å²) in [5.41, 5.74) is 3.42. The molecular formula is C27H38O7. The number of rotatable bonds is 16. The lowest BCUT2D eigenvalue weighted by Gasteiger charge is -2.06. The van der Waals surface area contributed by atoms with Crippen LogP contribution in [0.4, 0.5) is 0 Å². The molecule has 0 amide bonds. The van der Waals surface area contributed by atoms with Gasteiger partial charge in [-0.05, 0) is 43.5 Å². The molecule has 0 unspecified atom stereocenters. The minimum absolute atomic E-state index is 0.0284. The second kappa shape index (κ2) is 18.9. The molecule has 1 N–H and O–H groups in total. The smallest absolute Gasteiger partial charge is 0.159 e. The number of hydrogen-bond donors (Lipinski definition) is 1. The average molecular weight is 475 g/mol. The molecule has 0 radical (unpaired) electrons. The molecular weight excluding hydrogens is 436 g/mol. The van der Waals surface area contributed by atoms with Gasteiger partial charge in [-0.25, -0.2) is 0 Å². The van der Waals surface area contributed by atoms with E-state index >= 15 is 0 Å². The molecule has 0 heterocycles. The van der Waals surface area contributed by atoms with E-state index in [0.717, 1.165) is 29.7 Å². The number of hydrogen-bond acceptors (Lipinski definition) is 7. The van der Waals surface area contributed by atoms with Crippen LogP contribution in [0.3, 0.4) is 0 Å². The van der Waals surface area contributed by atoms with Gasteiger partial charge in [0.15, 0.2) is 11.6 Å². The van der Waals surface area contributed by atoms with Crippen molar-refractivity contribution in [1.29, 1.82) is 0 Å². The van der Waals surface area contributed by atoms with Crippen LogP contribution in [0, 0.1) is 0 Å². The maximum Gasteiger partial charge on any atom is 0.159 e. The largest absolute Gasteiger partial charge is 0.394 e. The molecule has 188 valence electrons. The molecule has 2 rings (SSSR count). The van der Waals surface area contributed by atoms with Crippen molar-refractivity contribution in [2.75, 3.05) is 46.2 Å². The quantitative estimate of drug-likeness (QED) is 0.287. The number of Topliss-reactive ketones (excluding diaryl/α,β-unsaturated/α-hetero) is 2. The molecule has 0 aliphatic rings. The Balaban J connectivity index is 0.000000340. The number of aliphatic hydroxyl groups is 1.